The van der Waals surface area contributed by atoms with Crippen molar-refractivity contribution >= 4 is 52.2 Å². The molecule has 0 saturated heterocycles. The zero-order chi connectivity index (χ0) is 14.4. The van der Waals surface area contributed by atoms with E-state index in [4.69, 9.17) is 17.3 Å². The number of nitrogens with zero attached hydrogens (tertiary/aromatic N) is 2. The minimum absolute atomic E-state index is 0.0606. The van der Waals surface area contributed by atoms with Gasteiger partial charge in [-0.1, -0.05) is 23.4 Å². The van der Waals surface area contributed by atoms with Crippen LogP contribution in [0.2, 0.25) is 5.02 Å². The summed E-state index contributed by atoms with van der Waals surface area (Å²) in [5.74, 6) is 0.771. The van der Waals surface area contributed by atoms with Crippen LogP contribution in [-0.2, 0) is 4.79 Å². The molecule has 1 amide bonds. The van der Waals surface area contributed by atoms with Gasteiger partial charge in [-0.3, -0.25) is 4.79 Å². The Hall–Kier alpha value is -1.31. The summed E-state index contributed by atoms with van der Waals surface area (Å²) in [6.07, 6.45) is 2.73. The van der Waals surface area contributed by atoms with E-state index in [1.54, 1.807) is 30.0 Å². The van der Waals surface area contributed by atoms with E-state index >= 15 is 0 Å². The SMILES string of the molecule is Nc1ccc(NC(=O)CCCSc2ncns2)c(Cl)c1. The van der Waals surface area contributed by atoms with Gasteiger partial charge in [-0.25, -0.2) is 4.98 Å². The molecule has 0 spiro atoms. The van der Waals surface area contributed by atoms with Crippen LogP contribution in [0.25, 0.3) is 0 Å². The van der Waals surface area contributed by atoms with Gasteiger partial charge in [-0.2, -0.15) is 4.37 Å². The van der Waals surface area contributed by atoms with Crippen molar-refractivity contribution in [3.8, 4) is 0 Å². The third-order valence-corrected chi connectivity index (χ3v) is 4.58. The van der Waals surface area contributed by atoms with Gasteiger partial charge in [0.2, 0.25) is 5.91 Å². The summed E-state index contributed by atoms with van der Waals surface area (Å²) in [6.45, 7) is 0. The molecule has 0 unspecified atom stereocenters. The van der Waals surface area contributed by atoms with Gasteiger partial charge in [0, 0.05) is 17.9 Å². The first kappa shape index (κ1) is 15.1. The van der Waals surface area contributed by atoms with Crippen molar-refractivity contribution in [1.29, 1.82) is 0 Å². The molecule has 0 aliphatic carbocycles. The van der Waals surface area contributed by atoms with E-state index in [0.29, 0.717) is 22.8 Å². The Morgan fingerprint density at radius 1 is 1.50 bits per heavy atom. The molecule has 5 nitrogen and oxygen atoms in total. The fourth-order valence-corrected chi connectivity index (χ4v) is 3.15. The molecule has 0 fully saturated rings. The lowest BCUT2D eigenvalue weighted by molar-refractivity contribution is -0.116. The first-order valence-corrected chi connectivity index (χ1v) is 8.03. The molecule has 0 aliphatic rings. The van der Waals surface area contributed by atoms with E-state index in [-0.39, 0.29) is 5.91 Å². The van der Waals surface area contributed by atoms with Crippen LogP contribution in [0.3, 0.4) is 0 Å². The molecule has 0 radical (unpaired) electrons. The van der Waals surface area contributed by atoms with Crippen LogP contribution in [0, 0.1) is 0 Å². The summed E-state index contributed by atoms with van der Waals surface area (Å²) in [5.41, 5.74) is 6.75. The number of nitrogens with one attached hydrogen (secondary N) is 1. The number of benzene rings is 1. The van der Waals surface area contributed by atoms with Crippen LogP contribution in [0.5, 0.6) is 0 Å². The highest BCUT2D eigenvalue weighted by Gasteiger charge is 2.06. The average molecular weight is 329 g/mol. The Bertz CT molecular complexity index is 577. The second-order valence-corrected chi connectivity index (χ2v) is 6.48. The van der Waals surface area contributed by atoms with Crippen LogP contribution in [0.15, 0.2) is 28.9 Å². The third-order valence-electron chi connectivity index (χ3n) is 2.38. The Kier molecular flexibility index (Phi) is 5.63. The molecule has 0 aliphatic heterocycles. The lowest BCUT2D eigenvalue weighted by atomic mass is 10.2. The van der Waals surface area contributed by atoms with Crippen molar-refractivity contribution in [2.75, 3.05) is 16.8 Å². The van der Waals surface area contributed by atoms with Gasteiger partial charge >= 0.3 is 0 Å². The number of amides is 1. The predicted molar refractivity (Wildman–Crippen MR) is 84.4 cm³/mol. The summed E-state index contributed by atoms with van der Waals surface area (Å²) in [5, 5.41) is 3.22. The monoisotopic (exact) mass is 328 g/mol. The molecule has 1 aromatic carbocycles. The summed E-state index contributed by atoms with van der Waals surface area (Å²) >= 11 is 8.95. The van der Waals surface area contributed by atoms with Gasteiger partial charge in [0.1, 0.15) is 6.33 Å². The minimum Gasteiger partial charge on any atom is -0.399 e. The molecule has 2 aromatic rings. The molecular formula is C12H13ClN4OS2. The predicted octanol–water partition coefficient (Wildman–Crippen LogP) is 3.28. The molecule has 3 N–H and O–H groups in total. The van der Waals surface area contributed by atoms with Gasteiger partial charge in [-0.15, -0.1) is 0 Å². The zero-order valence-corrected chi connectivity index (χ0v) is 12.9. The molecule has 8 heteroatoms. The second kappa shape index (κ2) is 7.47. The number of nitrogens with two attached hydrogens (primary N) is 1. The van der Waals surface area contributed by atoms with Crippen molar-refractivity contribution in [2.45, 2.75) is 17.2 Å². The largest absolute Gasteiger partial charge is 0.399 e. The molecule has 0 atom stereocenters. The molecule has 1 aromatic heterocycles. The highest BCUT2D eigenvalue weighted by Crippen LogP contribution is 2.24. The van der Waals surface area contributed by atoms with Crippen molar-refractivity contribution < 1.29 is 4.79 Å². The van der Waals surface area contributed by atoms with Gasteiger partial charge in [0.05, 0.1) is 10.7 Å². The fraction of sp³-hybridized carbons (Fsp3) is 0.250. The lowest BCUT2D eigenvalue weighted by Gasteiger charge is -2.07. The van der Waals surface area contributed by atoms with E-state index in [0.717, 1.165) is 16.5 Å². The Labute approximate surface area is 130 Å². The maximum Gasteiger partial charge on any atom is 0.224 e. The van der Waals surface area contributed by atoms with Crippen LogP contribution >= 0.6 is 34.9 Å². The van der Waals surface area contributed by atoms with Gasteiger partial charge in [0.25, 0.3) is 0 Å². The van der Waals surface area contributed by atoms with E-state index in [1.165, 1.54) is 17.9 Å². The number of hydrogen-bond acceptors (Lipinski definition) is 6. The average Bonchev–Trinajstić information content (AvgIpc) is 2.91. The Morgan fingerprint density at radius 3 is 3.05 bits per heavy atom. The number of nitrogen functional groups attached to an aromatic ring is 1. The summed E-state index contributed by atoms with van der Waals surface area (Å²) in [4.78, 5) is 15.8. The highest BCUT2D eigenvalue weighted by atomic mass is 35.5. The number of carbonyl (C=O) groups is 1. The minimum atomic E-state index is -0.0606. The molecule has 106 valence electrons. The van der Waals surface area contributed by atoms with Crippen molar-refractivity contribution in [3.63, 3.8) is 0 Å². The number of carbonyl (C=O) groups excluding carboxylic acids is 1. The fourth-order valence-electron chi connectivity index (χ4n) is 1.46. The second-order valence-electron chi connectivity index (χ2n) is 3.95. The number of rotatable bonds is 6. The van der Waals surface area contributed by atoms with E-state index in [9.17, 15) is 4.79 Å². The van der Waals surface area contributed by atoms with E-state index in [2.05, 4.69) is 14.7 Å². The van der Waals surface area contributed by atoms with Crippen LogP contribution in [0.4, 0.5) is 11.4 Å². The van der Waals surface area contributed by atoms with E-state index in [1.807, 2.05) is 0 Å². The normalized spacial score (nSPS) is 10.4. The smallest absolute Gasteiger partial charge is 0.224 e. The number of hydrogen-bond donors (Lipinski definition) is 2. The van der Waals surface area contributed by atoms with Crippen LogP contribution in [-0.4, -0.2) is 21.0 Å². The first-order chi connectivity index (χ1) is 9.65. The summed E-state index contributed by atoms with van der Waals surface area (Å²) < 4.78 is 4.84. The molecule has 1 heterocycles. The highest BCUT2D eigenvalue weighted by molar-refractivity contribution is 8.00. The lowest BCUT2D eigenvalue weighted by Crippen LogP contribution is -2.11. The summed E-state index contributed by atoms with van der Waals surface area (Å²) in [7, 11) is 0. The molecular weight excluding hydrogens is 316 g/mol. The Balaban J connectivity index is 1.72. The van der Waals surface area contributed by atoms with Gasteiger partial charge in [0.15, 0.2) is 4.34 Å². The van der Waals surface area contributed by atoms with Crippen molar-refractivity contribution in [2.24, 2.45) is 0 Å². The van der Waals surface area contributed by atoms with Gasteiger partial charge in [-0.05, 0) is 36.2 Å². The maximum atomic E-state index is 11.8. The van der Waals surface area contributed by atoms with Crippen LogP contribution < -0.4 is 11.1 Å². The van der Waals surface area contributed by atoms with E-state index < -0.39 is 0 Å². The number of thioether (sulfide) groups is 1. The molecule has 20 heavy (non-hydrogen) atoms. The quantitative estimate of drug-likeness (QED) is 0.483. The van der Waals surface area contributed by atoms with Crippen LogP contribution in [0.1, 0.15) is 12.8 Å². The Morgan fingerprint density at radius 2 is 2.35 bits per heavy atom. The number of halogens is 1. The summed E-state index contributed by atoms with van der Waals surface area (Å²) in [6, 6.07) is 5.01. The van der Waals surface area contributed by atoms with Crippen molar-refractivity contribution in [3.05, 3.63) is 29.5 Å². The maximum absolute atomic E-state index is 11.8. The van der Waals surface area contributed by atoms with Crippen molar-refractivity contribution in [1.82, 2.24) is 9.36 Å². The molecule has 0 bridgehead atoms. The number of aromatic nitrogens is 2. The first-order valence-electron chi connectivity index (χ1n) is 5.89. The zero-order valence-electron chi connectivity index (χ0n) is 10.5. The molecule has 2 rings (SSSR count). The third kappa shape index (κ3) is 4.66. The molecule has 0 saturated carbocycles. The standard InChI is InChI=1S/C12H13ClN4OS2/c13-9-6-8(14)3-4-10(9)17-11(18)2-1-5-19-12-15-7-16-20-12/h3-4,6-7H,1-2,5,14H2,(H,17,18). The topological polar surface area (TPSA) is 80.9 Å². The number of anilines is 2. The van der Waals surface area contributed by atoms with Gasteiger partial charge < -0.3 is 11.1 Å².